The summed E-state index contributed by atoms with van der Waals surface area (Å²) in [7, 11) is 0. The number of hydrogen-bond donors (Lipinski definition) is 2. The Morgan fingerprint density at radius 2 is 2.09 bits per heavy atom. The van der Waals surface area contributed by atoms with Gasteiger partial charge in [-0.15, -0.1) is 0 Å². The molecule has 1 aromatic rings. The molecule has 1 atom stereocenters. The van der Waals surface area contributed by atoms with E-state index in [4.69, 9.17) is 11.6 Å². The molecule has 1 unspecified atom stereocenters. The lowest BCUT2D eigenvalue weighted by atomic mass is 10.1. The number of non-ortho nitro benzene ring substituents is 1. The molecular formula is C15H22ClN3O3. The van der Waals surface area contributed by atoms with Crippen LogP contribution < -0.4 is 5.32 Å². The minimum atomic E-state index is -0.497. The quantitative estimate of drug-likeness (QED) is 0.620. The van der Waals surface area contributed by atoms with Gasteiger partial charge in [0, 0.05) is 25.2 Å². The minimum absolute atomic E-state index is 0.0260. The molecule has 122 valence electrons. The summed E-state index contributed by atoms with van der Waals surface area (Å²) >= 11 is 6.10. The molecule has 1 aliphatic rings. The van der Waals surface area contributed by atoms with E-state index in [9.17, 15) is 15.2 Å². The summed E-state index contributed by atoms with van der Waals surface area (Å²) in [6.07, 6.45) is 3.15. The van der Waals surface area contributed by atoms with E-state index in [0.29, 0.717) is 29.4 Å². The van der Waals surface area contributed by atoms with E-state index in [1.165, 1.54) is 31.4 Å². The van der Waals surface area contributed by atoms with Crippen LogP contribution in [0.3, 0.4) is 0 Å². The zero-order valence-electron chi connectivity index (χ0n) is 12.7. The van der Waals surface area contributed by atoms with E-state index in [-0.39, 0.29) is 5.69 Å². The van der Waals surface area contributed by atoms with Crippen LogP contribution in [-0.2, 0) is 0 Å². The number of nitrogens with zero attached hydrogens (tertiary/aromatic N) is 2. The molecule has 0 saturated carbocycles. The number of aryl methyl sites for hydroxylation is 1. The van der Waals surface area contributed by atoms with E-state index in [1.54, 1.807) is 6.92 Å². The predicted molar refractivity (Wildman–Crippen MR) is 87.6 cm³/mol. The average molecular weight is 328 g/mol. The summed E-state index contributed by atoms with van der Waals surface area (Å²) in [5.41, 5.74) is 1.32. The Bertz CT molecular complexity index is 510. The van der Waals surface area contributed by atoms with Crippen LogP contribution >= 0.6 is 11.6 Å². The van der Waals surface area contributed by atoms with Crippen LogP contribution in [0, 0.1) is 17.0 Å². The maximum Gasteiger partial charge on any atom is 0.271 e. The van der Waals surface area contributed by atoms with Gasteiger partial charge < -0.3 is 15.3 Å². The Morgan fingerprint density at radius 3 is 2.68 bits per heavy atom. The number of aliphatic hydroxyl groups excluding tert-OH is 1. The van der Waals surface area contributed by atoms with Crippen LogP contribution in [-0.4, -0.2) is 47.2 Å². The fraction of sp³-hybridized carbons (Fsp3) is 0.600. The van der Waals surface area contributed by atoms with E-state index in [1.807, 2.05) is 0 Å². The number of aliphatic hydroxyl groups is 1. The lowest BCUT2D eigenvalue weighted by Gasteiger charge is -2.28. The monoisotopic (exact) mass is 327 g/mol. The van der Waals surface area contributed by atoms with Crippen molar-refractivity contribution in [3.05, 3.63) is 32.8 Å². The largest absolute Gasteiger partial charge is 0.390 e. The lowest BCUT2D eigenvalue weighted by Crippen LogP contribution is -2.39. The van der Waals surface area contributed by atoms with Crippen molar-refractivity contribution in [2.45, 2.75) is 32.3 Å². The number of hydrogen-bond acceptors (Lipinski definition) is 5. The second kappa shape index (κ2) is 7.76. The Kier molecular flexibility index (Phi) is 5.99. The summed E-state index contributed by atoms with van der Waals surface area (Å²) in [6.45, 7) is 4.84. The molecule has 0 amide bonds. The highest BCUT2D eigenvalue weighted by molar-refractivity contribution is 6.33. The smallest absolute Gasteiger partial charge is 0.271 e. The zero-order valence-corrected chi connectivity index (χ0v) is 13.5. The van der Waals surface area contributed by atoms with Crippen molar-refractivity contribution < 1.29 is 10.0 Å². The first-order valence-electron chi connectivity index (χ1n) is 7.56. The topological polar surface area (TPSA) is 78.6 Å². The number of halogens is 1. The number of β-amino-alcohol motifs (C(OH)–C–C–N with tert-alkyl or cyclic N) is 1. The summed E-state index contributed by atoms with van der Waals surface area (Å²) in [4.78, 5) is 12.6. The summed E-state index contributed by atoms with van der Waals surface area (Å²) in [5.74, 6) is 0. The number of anilines is 1. The van der Waals surface area contributed by atoms with Gasteiger partial charge in [0.25, 0.3) is 5.69 Å². The van der Waals surface area contributed by atoms with Crippen molar-refractivity contribution in [1.82, 2.24) is 4.90 Å². The molecule has 0 radical (unpaired) electrons. The molecule has 6 nitrogen and oxygen atoms in total. The Hall–Kier alpha value is -1.37. The Morgan fingerprint density at radius 1 is 1.41 bits per heavy atom. The first-order valence-corrected chi connectivity index (χ1v) is 7.94. The van der Waals surface area contributed by atoms with Crippen LogP contribution in [0.5, 0.6) is 0 Å². The van der Waals surface area contributed by atoms with Gasteiger partial charge in [-0.2, -0.15) is 0 Å². The summed E-state index contributed by atoms with van der Waals surface area (Å²) in [6, 6.07) is 2.80. The molecule has 0 bridgehead atoms. The Balaban J connectivity index is 1.91. The number of likely N-dealkylation sites (tertiary alicyclic amines) is 1. The van der Waals surface area contributed by atoms with E-state index in [2.05, 4.69) is 10.2 Å². The van der Waals surface area contributed by atoms with Gasteiger partial charge in [0.15, 0.2) is 0 Å². The number of piperidine rings is 1. The second-order valence-corrected chi connectivity index (χ2v) is 6.18. The van der Waals surface area contributed by atoms with E-state index < -0.39 is 11.0 Å². The van der Waals surface area contributed by atoms with Gasteiger partial charge in [-0.3, -0.25) is 10.1 Å². The molecule has 0 aliphatic carbocycles. The third-order valence-electron chi connectivity index (χ3n) is 3.92. The van der Waals surface area contributed by atoms with Gasteiger partial charge in [-0.1, -0.05) is 18.0 Å². The van der Waals surface area contributed by atoms with Gasteiger partial charge in [0.1, 0.15) is 0 Å². The molecular weight excluding hydrogens is 306 g/mol. The van der Waals surface area contributed by atoms with Crippen molar-refractivity contribution in [3.8, 4) is 0 Å². The van der Waals surface area contributed by atoms with Gasteiger partial charge in [0.2, 0.25) is 0 Å². The molecule has 1 fully saturated rings. The van der Waals surface area contributed by atoms with Gasteiger partial charge in [-0.25, -0.2) is 0 Å². The molecule has 22 heavy (non-hydrogen) atoms. The lowest BCUT2D eigenvalue weighted by molar-refractivity contribution is -0.384. The Labute approximate surface area is 135 Å². The van der Waals surface area contributed by atoms with Crippen molar-refractivity contribution in [3.63, 3.8) is 0 Å². The highest BCUT2D eigenvalue weighted by Crippen LogP contribution is 2.30. The standard InChI is InChI=1S/C15H22ClN3O3/c1-11-7-12(19(21)22)8-14(16)15(11)17-9-13(20)10-18-5-3-2-4-6-18/h7-8,13,17,20H,2-6,9-10H2,1H3. The van der Waals surface area contributed by atoms with Crippen LogP contribution in [0.1, 0.15) is 24.8 Å². The fourth-order valence-corrected chi connectivity index (χ4v) is 3.11. The van der Waals surface area contributed by atoms with Crippen molar-refractivity contribution in [1.29, 1.82) is 0 Å². The third kappa shape index (κ3) is 4.56. The molecule has 7 heteroatoms. The molecule has 1 aromatic carbocycles. The molecule has 1 aliphatic heterocycles. The fourth-order valence-electron chi connectivity index (χ4n) is 2.78. The first-order chi connectivity index (χ1) is 10.5. The molecule has 0 aromatic heterocycles. The minimum Gasteiger partial charge on any atom is -0.390 e. The van der Waals surface area contributed by atoms with Crippen LogP contribution in [0.15, 0.2) is 12.1 Å². The molecule has 0 spiro atoms. The maximum absolute atomic E-state index is 10.8. The predicted octanol–water partition coefficient (Wildman–Crippen LogP) is 2.82. The number of nitrogens with one attached hydrogen (secondary N) is 1. The van der Waals surface area contributed by atoms with Crippen molar-refractivity contribution >= 4 is 23.0 Å². The van der Waals surface area contributed by atoms with Gasteiger partial charge >= 0.3 is 0 Å². The highest BCUT2D eigenvalue weighted by Gasteiger charge is 2.17. The normalized spacial score (nSPS) is 17.2. The molecule has 2 N–H and O–H groups in total. The first kappa shape index (κ1) is 17.0. The summed E-state index contributed by atoms with van der Waals surface area (Å²) in [5, 5.41) is 24.3. The average Bonchev–Trinajstić information content (AvgIpc) is 2.47. The highest BCUT2D eigenvalue weighted by atomic mass is 35.5. The summed E-state index contributed by atoms with van der Waals surface area (Å²) < 4.78 is 0. The van der Waals surface area contributed by atoms with E-state index in [0.717, 1.165) is 13.1 Å². The SMILES string of the molecule is Cc1cc([N+](=O)[O-])cc(Cl)c1NCC(O)CN1CCCCC1. The van der Waals surface area contributed by atoms with E-state index >= 15 is 0 Å². The van der Waals surface area contributed by atoms with Crippen molar-refractivity contribution in [2.75, 3.05) is 31.5 Å². The van der Waals surface area contributed by atoms with Crippen LogP contribution in [0.4, 0.5) is 11.4 Å². The van der Waals surface area contributed by atoms with Crippen LogP contribution in [0.25, 0.3) is 0 Å². The number of benzene rings is 1. The number of nitro groups is 1. The number of rotatable bonds is 6. The molecule has 1 heterocycles. The van der Waals surface area contributed by atoms with Crippen LogP contribution in [0.2, 0.25) is 5.02 Å². The number of nitro benzene ring substituents is 1. The van der Waals surface area contributed by atoms with Crippen molar-refractivity contribution in [2.24, 2.45) is 0 Å². The zero-order chi connectivity index (χ0) is 16.1. The maximum atomic E-state index is 10.8. The molecule has 1 saturated heterocycles. The van der Waals surface area contributed by atoms with Gasteiger partial charge in [-0.05, 0) is 38.4 Å². The molecule has 2 rings (SSSR count). The third-order valence-corrected chi connectivity index (χ3v) is 4.21. The van der Waals surface area contributed by atoms with Gasteiger partial charge in [0.05, 0.1) is 21.7 Å². The second-order valence-electron chi connectivity index (χ2n) is 5.77.